The lowest BCUT2D eigenvalue weighted by Gasteiger charge is -2.23. The Morgan fingerprint density at radius 1 is 1.17 bits per heavy atom. The van der Waals surface area contributed by atoms with Crippen LogP contribution in [0.3, 0.4) is 0 Å². The molecule has 4 heteroatoms. The van der Waals surface area contributed by atoms with Crippen LogP contribution in [0.5, 0.6) is 0 Å². The Morgan fingerprint density at radius 3 is 2.72 bits per heavy atom. The van der Waals surface area contributed by atoms with Gasteiger partial charge in [0.15, 0.2) is 5.82 Å². The predicted octanol–water partition coefficient (Wildman–Crippen LogP) is 2.39. The Kier molecular flexibility index (Phi) is 3.11. The molecule has 0 saturated carbocycles. The van der Waals surface area contributed by atoms with Crippen LogP contribution in [-0.2, 0) is 0 Å². The molecule has 0 bridgehead atoms. The highest BCUT2D eigenvalue weighted by molar-refractivity contribution is 5.34. The van der Waals surface area contributed by atoms with Gasteiger partial charge in [0, 0.05) is 5.69 Å². The number of aryl methyl sites for hydroxylation is 1. The molecule has 0 radical (unpaired) electrons. The summed E-state index contributed by atoms with van der Waals surface area (Å²) in [5.41, 5.74) is 1.14. The van der Waals surface area contributed by atoms with E-state index in [0.717, 1.165) is 30.3 Å². The number of nitrogens with one attached hydrogen (secondary N) is 1. The third-order valence-electron chi connectivity index (χ3n) is 3.49. The minimum Gasteiger partial charge on any atom is -0.307 e. The van der Waals surface area contributed by atoms with E-state index >= 15 is 0 Å². The molecule has 0 spiro atoms. The zero-order valence-electron chi connectivity index (χ0n) is 10.6. The van der Waals surface area contributed by atoms with Gasteiger partial charge in [-0.3, -0.25) is 4.57 Å². The summed E-state index contributed by atoms with van der Waals surface area (Å²) in [6, 6.07) is 10.7. The molecule has 1 N–H and O–H groups in total. The molecule has 1 saturated heterocycles. The van der Waals surface area contributed by atoms with Crippen LogP contribution < -0.4 is 5.32 Å². The summed E-state index contributed by atoms with van der Waals surface area (Å²) < 4.78 is 2.16. The maximum atomic E-state index is 4.37. The number of nitrogens with zero attached hydrogens (tertiary/aromatic N) is 3. The van der Waals surface area contributed by atoms with Gasteiger partial charge in [0.1, 0.15) is 5.82 Å². The topological polar surface area (TPSA) is 42.7 Å². The molecule has 2 aromatic rings. The first-order chi connectivity index (χ1) is 8.86. The SMILES string of the molecule is Cc1nnc([C@H]2CCCCN2)n1-c1ccccc1. The monoisotopic (exact) mass is 242 g/mol. The Morgan fingerprint density at radius 2 is 2.00 bits per heavy atom. The molecule has 1 atom stereocenters. The highest BCUT2D eigenvalue weighted by atomic mass is 15.3. The smallest absolute Gasteiger partial charge is 0.154 e. The molecule has 1 aromatic carbocycles. The van der Waals surface area contributed by atoms with E-state index in [0.29, 0.717) is 6.04 Å². The van der Waals surface area contributed by atoms with Gasteiger partial charge in [0.25, 0.3) is 0 Å². The Bertz CT molecular complexity index is 512. The van der Waals surface area contributed by atoms with Crippen molar-refractivity contribution in [2.24, 2.45) is 0 Å². The molecular formula is C14H18N4. The molecular weight excluding hydrogens is 224 g/mol. The molecule has 18 heavy (non-hydrogen) atoms. The molecule has 94 valence electrons. The van der Waals surface area contributed by atoms with Crippen molar-refractivity contribution in [3.05, 3.63) is 42.0 Å². The normalized spacial score (nSPS) is 19.9. The second-order valence-corrected chi connectivity index (χ2v) is 4.78. The summed E-state index contributed by atoms with van der Waals surface area (Å²) in [5, 5.41) is 12.1. The lowest BCUT2D eigenvalue weighted by molar-refractivity contribution is 0.393. The van der Waals surface area contributed by atoms with Crippen molar-refractivity contribution < 1.29 is 0 Å². The minimum atomic E-state index is 0.333. The number of benzene rings is 1. The third kappa shape index (κ3) is 2.04. The summed E-state index contributed by atoms with van der Waals surface area (Å²) >= 11 is 0. The lowest BCUT2D eigenvalue weighted by atomic mass is 10.0. The quantitative estimate of drug-likeness (QED) is 0.879. The molecule has 1 aliphatic rings. The van der Waals surface area contributed by atoms with Crippen LogP contribution in [0, 0.1) is 6.92 Å². The first-order valence-electron chi connectivity index (χ1n) is 6.57. The average molecular weight is 242 g/mol. The van der Waals surface area contributed by atoms with Crippen molar-refractivity contribution in [2.75, 3.05) is 6.54 Å². The maximum absolute atomic E-state index is 4.37. The van der Waals surface area contributed by atoms with Gasteiger partial charge in [-0.2, -0.15) is 0 Å². The van der Waals surface area contributed by atoms with Gasteiger partial charge in [-0.05, 0) is 38.4 Å². The van der Waals surface area contributed by atoms with Crippen LogP contribution in [0.2, 0.25) is 0 Å². The van der Waals surface area contributed by atoms with Crippen molar-refractivity contribution in [3.8, 4) is 5.69 Å². The zero-order valence-corrected chi connectivity index (χ0v) is 10.6. The van der Waals surface area contributed by atoms with Crippen LogP contribution in [0.1, 0.15) is 37.0 Å². The van der Waals surface area contributed by atoms with Crippen LogP contribution in [-0.4, -0.2) is 21.3 Å². The van der Waals surface area contributed by atoms with Gasteiger partial charge in [0.05, 0.1) is 6.04 Å². The number of aromatic nitrogens is 3. The van der Waals surface area contributed by atoms with Gasteiger partial charge < -0.3 is 5.32 Å². The molecule has 1 aromatic heterocycles. The molecule has 4 nitrogen and oxygen atoms in total. The Balaban J connectivity index is 2.01. The van der Waals surface area contributed by atoms with Crippen LogP contribution >= 0.6 is 0 Å². The van der Waals surface area contributed by atoms with E-state index < -0.39 is 0 Å². The van der Waals surface area contributed by atoms with Crippen molar-refractivity contribution in [2.45, 2.75) is 32.2 Å². The van der Waals surface area contributed by atoms with E-state index in [9.17, 15) is 0 Å². The van der Waals surface area contributed by atoms with Gasteiger partial charge in [-0.1, -0.05) is 24.6 Å². The highest BCUT2D eigenvalue weighted by Crippen LogP contribution is 2.24. The molecule has 0 amide bonds. The first kappa shape index (κ1) is 11.4. The summed E-state index contributed by atoms with van der Waals surface area (Å²) in [4.78, 5) is 0. The summed E-state index contributed by atoms with van der Waals surface area (Å²) in [6.07, 6.45) is 3.66. The fourth-order valence-electron chi connectivity index (χ4n) is 2.57. The molecule has 3 rings (SSSR count). The fourth-order valence-corrected chi connectivity index (χ4v) is 2.57. The lowest BCUT2D eigenvalue weighted by Crippen LogP contribution is -2.29. The molecule has 2 heterocycles. The van der Waals surface area contributed by atoms with Crippen LogP contribution in [0.15, 0.2) is 30.3 Å². The highest BCUT2D eigenvalue weighted by Gasteiger charge is 2.22. The molecule has 1 fully saturated rings. The van der Waals surface area contributed by atoms with Gasteiger partial charge in [-0.25, -0.2) is 0 Å². The second-order valence-electron chi connectivity index (χ2n) is 4.78. The van der Waals surface area contributed by atoms with Gasteiger partial charge in [0.2, 0.25) is 0 Å². The predicted molar refractivity (Wildman–Crippen MR) is 70.7 cm³/mol. The number of piperidine rings is 1. The number of hydrogen-bond acceptors (Lipinski definition) is 3. The van der Waals surface area contributed by atoms with E-state index in [4.69, 9.17) is 0 Å². The third-order valence-corrected chi connectivity index (χ3v) is 3.49. The van der Waals surface area contributed by atoms with E-state index in [1.165, 1.54) is 12.8 Å². The Labute approximate surface area is 107 Å². The van der Waals surface area contributed by atoms with E-state index in [1.54, 1.807) is 0 Å². The molecule has 1 aliphatic heterocycles. The largest absolute Gasteiger partial charge is 0.307 e. The summed E-state index contributed by atoms with van der Waals surface area (Å²) in [7, 11) is 0. The molecule has 0 aliphatic carbocycles. The van der Waals surface area contributed by atoms with E-state index in [1.807, 2.05) is 25.1 Å². The van der Waals surface area contributed by atoms with Gasteiger partial charge in [-0.15, -0.1) is 10.2 Å². The van der Waals surface area contributed by atoms with Crippen molar-refractivity contribution in [1.29, 1.82) is 0 Å². The molecule has 0 unspecified atom stereocenters. The number of hydrogen-bond donors (Lipinski definition) is 1. The van der Waals surface area contributed by atoms with E-state index in [2.05, 4.69) is 32.2 Å². The fraction of sp³-hybridized carbons (Fsp3) is 0.429. The zero-order chi connectivity index (χ0) is 12.4. The van der Waals surface area contributed by atoms with Crippen molar-refractivity contribution in [3.63, 3.8) is 0 Å². The van der Waals surface area contributed by atoms with E-state index in [-0.39, 0.29) is 0 Å². The van der Waals surface area contributed by atoms with Crippen molar-refractivity contribution in [1.82, 2.24) is 20.1 Å². The second kappa shape index (κ2) is 4.90. The van der Waals surface area contributed by atoms with Crippen LogP contribution in [0.4, 0.5) is 0 Å². The minimum absolute atomic E-state index is 0.333. The number of para-hydroxylation sites is 1. The van der Waals surface area contributed by atoms with Crippen molar-refractivity contribution >= 4 is 0 Å². The first-order valence-corrected chi connectivity index (χ1v) is 6.57. The Hall–Kier alpha value is -1.68. The summed E-state index contributed by atoms with van der Waals surface area (Å²) in [5.74, 6) is 1.99. The summed E-state index contributed by atoms with van der Waals surface area (Å²) in [6.45, 7) is 3.08. The standard InChI is InChI=1S/C14H18N4/c1-11-16-17-14(13-9-5-6-10-15-13)18(11)12-7-3-2-4-8-12/h2-4,7-8,13,15H,5-6,9-10H2,1H3/t13-/m1/s1. The maximum Gasteiger partial charge on any atom is 0.154 e. The number of rotatable bonds is 2. The van der Waals surface area contributed by atoms with Gasteiger partial charge >= 0.3 is 0 Å². The van der Waals surface area contributed by atoms with Crippen LogP contribution in [0.25, 0.3) is 5.69 Å². The average Bonchev–Trinajstić information content (AvgIpc) is 2.83.